The average Bonchev–Trinajstić information content (AvgIpc) is 3.33. The molecule has 0 unspecified atom stereocenters. The van der Waals surface area contributed by atoms with Gasteiger partial charge in [-0.1, -0.05) is 6.92 Å². The van der Waals surface area contributed by atoms with Gasteiger partial charge in [0.25, 0.3) is 0 Å². The van der Waals surface area contributed by atoms with E-state index in [0.717, 1.165) is 62.2 Å². The third-order valence-corrected chi connectivity index (χ3v) is 11.0. The highest BCUT2D eigenvalue weighted by atomic mass is 16.5. The molecule has 5 nitrogen and oxygen atoms in total. The number of aliphatic hydroxyl groups is 1. The number of ether oxygens (including phenoxy) is 1. The van der Waals surface area contributed by atoms with Crippen LogP contribution < -0.4 is 0 Å². The monoisotopic (exact) mass is 437 g/mol. The fourth-order valence-corrected chi connectivity index (χ4v) is 9.67. The largest absolute Gasteiger partial charge is 0.390 e. The molecule has 1 aliphatic heterocycles. The summed E-state index contributed by atoms with van der Waals surface area (Å²) in [7, 11) is 0. The number of nitrogens with zero attached hydrogens (tertiary/aromatic N) is 3. The van der Waals surface area contributed by atoms with Gasteiger partial charge in [0.1, 0.15) is 0 Å². The SMILES string of the molecule is [C-]#[N+]c1cnn(CC2([C@H]3CC[C@H]4[C@@H]5CC[C@@H]6C[C@](C)(O)CC[C@@H]6[C@H]5CC[C@]34C)COC2)c1. The van der Waals surface area contributed by atoms with E-state index in [-0.39, 0.29) is 5.41 Å². The second-order valence-electron chi connectivity index (χ2n) is 12.7. The standard InChI is InChI=1S/C27H39N3O2/c1-25(31)10-8-20-18(12-25)4-5-22-21(20)9-11-26(2)23(22)6-7-24(26)27(16-32-17-27)15-30-14-19(28-3)13-29-30/h13-14,18,20-24,31H,4-12,15-17H2,1-2H3/t18-,20+,21-,22-,23+,24+,25-,26+/m1/s1. The summed E-state index contributed by atoms with van der Waals surface area (Å²) < 4.78 is 7.86. The van der Waals surface area contributed by atoms with Crippen LogP contribution in [0.2, 0.25) is 0 Å². The van der Waals surface area contributed by atoms with Crippen molar-refractivity contribution in [2.75, 3.05) is 13.2 Å². The Kier molecular flexibility index (Phi) is 4.84. The van der Waals surface area contributed by atoms with Crippen molar-refractivity contribution in [2.45, 2.75) is 83.8 Å². The molecule has 0 radical (unpaired) electrons. The van der Waals surface area contributed by atoms with Crippen molar-refractivity contribution in [1.82, 2.24) is 9.78 Å². The summed E-state index contributed by atoms with van der Waals surface area (Å²) in [6.07, 6.45) is 15.1. The quantitative estimate of drug-likeness (QED) is 0.638. The molecule has 2 heterocycles. The van der Waals surface area contributed by atoms with Gasteiger partial charge in [0.2, 0.25) is 5.69 Å². The minimum Gasteiger partial charge on any atom is -0.390 e. The molecule has 0 spiro atoms. The van der Waals surface area contributed by atoms with Gasteiger partial charge in [0.05, 0.1) is 31.6 Å². The molecule has 32 heavy (non-hydrogen) atoms. The van der Waals surface area contributed by atoms with Crippen LogP contribution in [-0.4, -0.2) is 33.7 Å². The van der Waals surface area contributed by atoms with E-state index in [4.69, 9.17) is 11.3 Å². The van der Waals surface area contributed by atoms with E-state index in [1.165, 1.54) is 44.9 Å². The maximum absolute atomic E-state index is 10.7. The van der Waals surface area contributed by atoms with E-state index in [0.29, 0.717) is 17.0 Å². The number of fused-ring (bicyclic) bond motifs is 5. The van der Waals surface area contributed by atoms with Crippen LogP contribution in [0.25, 0.3) is 4.85 Å². The normalized spacial score (nSPS) is 46.9. The van der Waals surface area contributed by atoms with E-state index in [1.807, 2.05) is 10.9 Å². The molecular formula is C27H39N3O2. The Morgan fingerprint density at radius 3 is 2.62 bits per heavy atom. The predicted octanol–water partition coefficient (Wildman–Crippen LogP) is 5.47. The van der Waals surface area contributed by atoms with Gasteiger partial charge in [0, 0.05) is 18.2 Å². The van der Waals surface area contributed by atoms with Crippen molar-refractivity contribution < 1.29 is 9.84 Å². The average molecular weight is 438 g/mol. The number of rotatable bonds is 3. The second kappa shape index (κ2) is 7.31. The van der Waals surface area contributed by atoms with Crippen LogP contribution in [0.5, 0.6) is 0 Å². The molecular weight excluding hydrogens is 398 g/mol. The maximum Gasteiger partial charge on any atom is 0.224 e. The van der Waals surface area contributed by atoms with Crippen LogP contribution in [0.4, 0.5) is 5.69 Å². The van der Waals surface area contributed by atoms with Gasteiger partial charge in [-0.3, -0.25) is 4.68 Å². The summed E-state index contributed by atoms with van der Waals surface area (Å²) in [4.78, 5) is 3.55. The molecule has 0 bridgehead atoms. The first-order valence-electron chi connectivity index (χ1n) is 13.0. The van der Waals surface area contributed by atoms with Crippen molar-refractivity contribution in [3.05, 3.63) is 23.8 Å². The first-order chi connectivity index (χ1) is 15.3. The van der Waals surface area contributed by atoms with Crippen LogP contribution in [0, 0.1) is 52.9 Å². The Balaban J connectivity index is 1.23. The summed E-state index contributed by atoms with van der Waals surface area (Å²) in [6, 6.07) is 0. The van der Waals surface area contributed by atoms with Crippen molar-refractivity contribution >= 4 is 5.69 Å². The number of hydrogen-bond acceptors (Lipinski definition) is 3. The first kappa shape index (κ1) is 21.2. The fraction of sp³-hybridized carbons (Fsp3) is 0.852. The van der Waals surface area contributed by atoms with E-state index >= 15 is 0 Å². The van der Waals surface area contributed by atoms with Gasteiger partial charge < -0.3 is 9.84 Å². The molecule has 5 heteroatoms. The highest BCUT2D eigenvalue weighted by Crippen LogP contribution is 2.68. The van der Waals surface area contributed by atoms with Crippen molar-refractivity contribution in [1.29, 1.82) is 0 Å². The zero-order chi connectivity index (χ0) is 22.1. The molecule has 4 aliphatic carbocycles. The third-order valence-electron chi connectivity index (χ3n) is 11.0. The summed E-state index contributed by atoms with van der Waals surface area (Å²) >= 11 is 0. The zero-order valence-electron chi connectivity index (χ0n) is 19.8. The van der Waals surface area contributed by atoms with Gasteiger partial charge in [0.15, 0.2) is 0 Å². The van der Waals surface area contributed by atoms with Gasteiger partial charge in [-0.05, 0) is 106 Å². The molecule has 1 aromatic heterocycles. The predicted molar refractivity (Wildman–Crippen MR) is 123 cm³/mol. The summed E-state index contributed by atoms with van der Waals surface area (Å²) in [5.41, 5.74) is 0.807. The Bertz CT molecular complexity index is 912. The fourth-order valence-electron chi connectivity index (χ4n) is 9.67. The zero-order valence-corrected chi connectivity index (χ0v) is 19.8. The highest BCUT2D eigenvalue weighted by molar-refractivity contribution is 5.38. The third kappa shape index (κ3) is 3.12. The second-order valence-corrected chi connectivity index (χ2v) is 12.7. The van der Waals surface area contributed by atoms with Crippen molar-refractivity contribution in [2.24, 2.45) is 46.3 Å². The van der Waals surface area contributed by atoms with E-state index in [9.17, 15) is 5.11 Å². The van der Waals surface area contributed by atoms with E-state index in [1.54, 1.807) is 6.20 Å². The van der Waals surface area contributed by atoms with Crippen LogP contribution >= 0.6 is 0 Å². The van der Waals surface area contributed by atoms with Crippen LogP contribution in [0.3, 0.4) is 0 Å². The number of hydrogen-bond donors (Lipinski definition) is 1. The topological polar surface area (TPSA) is 51.6 Å². The van der Waals surface area contributed by atoms with Crippen LogP contribution in [0.1, 0.15) is 71.6 Å². The summed E-state index contributed by atoms with van der Waals surface area (Å²) in [5.74, 6) is 4.94. The summed E-state index contributed by atoms with van der Waals surface area (Å²) in [6.45, 7) is 14.5. The number of aromatic nitrogens is 2. The minimum atomic E-state index is -0.425. The van der Waals surface area contributed by atoms with Gasteiger partial charge in [-0.2, -0.15) is 5.10 Å². The molecule has 1 aromatic rings. The minimum absolute atomic E-state index is 0.183. The van der Waals surface area contributed by atoms with Crippen molar-refractivity contribution in [3.63, 3.8) is 0 Å². The van der Waals surface area contributed by atoms with Gasteiger partial charge in [-0.25, -0.2) is 4.85 Å². The lowest BCUT2D eigenvalue weighted by molar-refractivity contribution is -0.191. The molecule has 0 amide bonds. The van der Waals surface area contributed by atoms with Crippen LogP contribution in [0.15, 0.2) is 12.4 Å². The highest BCUT2D eigenvalue weighted by Gasteiger charge is 2.63. The molecule has 1 N–H and O–H groups in total. The van der Waals surface area contributed by atoms with Crippen LogP contribution in [-0.2, 0) is 11.3 Å². The molecule has 4 saturated carbocycles. The lowest BCUT2D eigenvalue weighted by atomic mass is 9.47. The molecule has 1 saturated heterocycles. The van der Waals surface area contributed by atoms with Gasteiger partial charge in [-0.15, -0.1) is 0 Å². The Morgan fingerprint density at radius 2 is 1.91 bits per heavy atom. The first-order valence-corrected chi connectivity index (χ1v) is 13.0. The van der Waals surface area contributed by atoms with Gasteiger partial charge >= 0.3 is 0 Å². The van der Waals surface area contributed by atoms with E-state index in [2.05, 4.69) is 23.8 Å². The molecule has 174 valence electrons. The lowest BCUT2D eigenvalue weighted by Crippen LogP contribution is -2.57. The Labute approximate surface area is 192 Å². The molecule has 5 fully saturated rings. The lowest BCUT2D eigenvalue weighted by Gasteiger charge is -2.59. The Morgan fingerprint density at radius 1 is 1.09 bits per heavy atom. The molecule has 8 atom stereocenters. The molecule has 0 aromatic carbocycles. The summed E-state index contributed by atoms with van der Waals surface area (Å²) in [5, 5.41) is 15.2. The molecule has 5 aliphatic rings. The van der Waals surface area contributed by atoms with Crippen molar-refractivity contribution in [3.8, 4) is 0 Å². The molecule has 6 rings (SSSR count). The van der Waals surface area contributed by atoms with E-state index < -0.39 is 5.60 Å². The smallest absolute Gasteiger partial charge is 0.224 e. The Hall–Kier alpha value is -1.38. The maximum atomic E-state index is 10.7.